The molecule has 2 N–H and O–H groups in total. The Morgan fingerprint density at radius 3 is 2.21 bits per heavy atom. The Labute approximate surface area is 206 Å². The molecule has 0 heterocycles. The van der Waals surface area contributed by atoms with Crippen LogP contribution in [-0.2, 0) is 16.2 Å². The highest BCUT2D eigenvalue weighted by Crippen LogP contribution is 2.26. The first-order valence-corrected chi connectivity index (χ1v) is 11.0. The molecule has 0 spiro atoms. The minimum atomic E-state index is -0.900. The molecule has 6 nitrogen and oxygen atoms in total. The molecular weight excluding hydrogens is 485 g/mol. The summed E-state index contributed by atoms with van der Waals surface area (Å²) in [6, 6.07) is 17.3. The highest BCUT2D eigenvalue weighted by atomic mass is 35.5. The number of carbonyl (C=O) groups excluding carboxylic acids is 2. The largest absolute Gasteiger partial charge is 0.489 e. The molecule has 0 aromatic heterocycles. The van der Waals surface area contributed by atoms with Crippen molar-refractivity contribution >= 4 is 58.0 Å². The number of anilines is 1. The third kappa shape index (κ3) is 6.71. The molecular formula is C24H20Cl3N3O3. The Morgan fingerprint density at radius 2 is 1.58 bits per heavy atom. The van der Waals surface area contributed by atoms with Crippen LogP contribution in [0.15, 0.2) is 65.8 Å². The third-order valence-electron chi connectivity index (χ3n) is 4.68. The van der Waals surface area contributed by atoms with E-state index in [0.29, 0.717) is 37.8 Å². The first-order chi connectivity index (χ1) is 15.7. The molecule has 0 aliphatic rings. The van der Waals surface area contributed by atoms with Crippen LogP contribution in [0.1, 0.15) is 23.6 Å². The van der Waals surface area contributed by atoms with E-state index in [9.17, 15) is 9.59 Å². The molecule has 170 valence electrons. The Morgan fingerprint density at radius 1 is 0.909 bits per heavy atom. The minimum absolute atomic E-state index is 0.224. The van der Waals surface area contributed by atoms with Gasteiger partial charge in [0.1, 0.15) is 12.4 Å². The molecule has 9 heteroatoms. The van der Waals surface area contributed by atoms with E-state index in [-0.39, 0.29) is 6.61 Å². The van der Waals surface area contributed by atoms with Crippen molar-refractivity contribution in [2.24, 2.45) is 5.10 Å². The van der Waals surface area contributed by atoms with Gasteiger partial charge >= 0.3 is 11.8 Å². The molecule has 0 aliphatic heterocycles. The van der Waals surface area contributed by atoms with Gasteiger partial charge in [-0.05, 0) is 73.5 Å². The van der Waals surface area contributed by atoms with E-state index < -0.39 is 11.8 Å². The van der Waals surface area contributed by atoms with E-state index in [0.717, 1.165) is 11.1 Å². The summed E-state index contributed by atoms with van der Waals surface area (Å²) in [5.41, 5.74) is 5.48. The number of halogens is 3. The maximum Gasteiger partial charge on any atom is 0.329 e. The second-order valence-corrected chi connectivity index (χ2v) is 8.29. The maximum atomic E-state index is 12.1. The van der Waals surface area contributed by atoms with Gasteiger partial charge in [-0.25, -0.2) is 5.43 Å². The summed E-state index contributed by atoms with van der Waals surface area (Å²) >= 11 is 18.3. The minimum Gasteiger partial charge on any atom is -0.489 e. The second kappa shape index (κ2) is 11.2. The lowest BCUT2D eigenvalue weighted by molar-refractivity contribution is -0.136. The van der Waals surface area contributed by atoms with Crippen LogP contribution in [0.5, 0.6) is 5.75 Å². The van der Waals surface area contributed by atoms with Crippen molar-refractivity contribution in [2.75, 3.05) is 5.32 Å². The zero-order chi connectivity index (χ0) is 24.0. The molecule has 0 saturated carbocycles. The Kier molecular flexibility index (Phi) is 8.33. The van der Waals surface area contributed by atoms with Crippen molar-refractivity contribution in [3.63, 3.8) is 0 Å². The highest BCUT2D eigenvalue weighted by molar-refractivity contribution is 6.40. The Hall–Kier alpha value is -3.06. The SMILES string of the molecule is C/C(=N\NC(=O)C(=O)Nc1ccc(C)c(Cl)c1)c1ccc(OCc2c(Cl)cccc2Cl)cc1. The quantitative estimate of drug-likeness (QED) is 0.245. The average Bonchev–Trinajstić information content (AvgIpc) is 2.79. The number of aryl methyl sites for hydroxylation is 1. The van der Waals surface area contributed by atoms with Gasteiger partial charge < -0.3 is 10.1 Å². The van der Waals surface area contributed by atoms with Crippen LogP contribution < -0.4 is 15.5 Å². The summed E-state index contributed by atoms with van der Waals surface area (Å²) in [4.78, 5) is 24.1. The summed E-state index contributed by atoms with van der Waals surface area (Å²) in [6.07, 6.45) is 0. The number of hydrazone groups is 1. The van der Waals surface area contributed by atoms with Crippen molar-refractivity contribution < 1.29 is 14.3 Å². The summed E-state index contributed by atoms with van der Waals surface area (Å²) in [7, 11) is 0. The number of carbonyl (C=O) groups is 2. The van der Waals surface area contributed by atoms with Gasteiger partial charge in [-0.15, -0.1) is 0 Å². The second-order valence-electron chi connectivity index (χ2n) is 7.07. The molecule has 33 heavy (non-hydrogen) atoms. The molecule has 0 fully saturated rings. The van der Waals surface area contributed by atoms with Gasteiger partial charge in [0.05, 0.1) is 5.71 Å². The number of nitrogens with zero attached hydrogens (tertiary/aromatic N) is 1. The predicted molar refractivity (Wildman–Crippen MR) is 132 cm³/mol. The first-order valence-electron chi connectivity index (χ1n) is 9.82. The van der Waals surface area contributed by atoms with E-state index in [1.54, 1.807) is 67.6 Å². The molecule has 0 saturated heterocycles. The molecule has 3 aromatic carbocycles. The molecule has 3 aromatic rings. The zero-order valence-corrected chi connectivity index (χ0v) is 20.1. The van der Waals surface area contributed by atoms with Gasteiger partial charge in [0.25, 0.3) is 0 Å². The standard InChI is InChI=1S/C24H20Cl3N3O3/c1-14-6-9-17(12-22(14)27)28-23(31)24(32)30-29-15(2)16-7-10-18(11-8-16)33-13-19-20(25)4-3-5-21(19)26/h3-12H,13H2,1-2H3,(H,28,31)(H,30,32)/b29-15+. The summed E-state index contributed by atoms with van der Waals surface area (Å²) < 4.78 is 5.75. The molecule has 2 amide bonds. The summed E-state index contributed by atoms with van der Waals surface area (Å²) in [6.45, 7) is 3.77. The van der Waals surface area contributed by atoms with Crippen molar-refractivity contribution in [1.82, 2.24) is 5.43 Å². The average molecular weight is 505 g/mol. The van der Waals surface area contributed by atoms with E-state index >= 15 is 0 Å². The van der Waals surface area contributed by atoms with Crippen LogP contribution in [0.25, 0.3) is 0 Å². The van der Waals surface area contributed by atoms with Gasteiger partial charge in [0.15, 0.2) is 0 Å². The van der Waals surface area contributed by atoms with E-state index in [1.165, 1.54) is 0 Å². The predicted octanol–water partition coefficient (Wildman–Crippen LogP) is 6.01. The first kappa shape index (κ1) is 24.6. The number of ether oxygens (including phenoxy) is 1. The maximum absolute atomic E-state index is 12.1. The number of benzene rings is 3. The number of rotatable bonds is 6. The van der Waals surface area contributed by atoms with E-state index in [1.807, 2.05) is 6.92 Å². The van der Waals surface area contributed by atoms with Gasteiger partial charge in [-0.1, -0.05) is 46.9 Å². The van der Waals surface area contributed by atoms with Crippen LogP contribution >= 0.6 is 34.8 Å². The Balaban J connectivity index is 1.56. The Bertz CT molecular complexity index is 1190. The lowest BCUT2D eigenvalue weighted by Gasteiger charge is -2.10. The van der Waals surface area contributed by atoms with Crippen molar-refractivity contribution in [3.05, 3.63) is 92.4 Å². The van der Waals surface area contributed by atoms with E-state index in [4.69, 9.17) is 39.5 Å². The van der Waals surface area contributed by atoms with Gasteiger partial charge in [0, 0.05) is 26.3 Å². The van der Waals surface area contributed by atoms with Crippen LogP contribution in [0.2, 0.25) is 15.1 Å². The molecule has 0 unspecified atom stereocenters. The number of hydrogen-bond acceptors (Lipinski definition) is 4. The molecule has 0 atom stereocenters. The number of nitrogens with one attached hydrogen (secondary N) is 2. The molecule has 0 aliphatic carbocycles. The third-order valence-corrected chi connectivity index (χ3v) is 5.79. The topological polar surface area (TPSA) is 79.8 Å². The normalized spacial score (nSPS) is 11.1. The molecule has 0 bridgehead atoms. The number of hydrogen-bond donors (Lipinski definition) is 2. The lowest BCUT2D eigenvalue weighted by atomic mass is 10.1. The van der Waals surface area contributed by atoms with E-state index in [2.05, 4.69) is 15.8 Å². The summed E-state index contributed by atoms with van der Waals surface area (Å²) in [5.74, 6) is -1.14. The van der Waals surface area contributed by atoms with Crippen LogP contribution in [0.4, 0.5) is 5.69 Å². The fourth-order valence-corrected chi connectivity index (χ4v) is 3.41. The lowest BCUT2D eigenvalue weighted by Crippen LogP contribution is -2.32. The number of amides is 2. The van der Waals surface area contributed by atoms with Gasteiger partial charge in [0.2, 0.25) is 0 Å². The van der Waals surface area contributed by atoms with Crippen LogP contribution in [0.3, 0.4) is 0 Å². The van der Waals surface area contributed by atoms with Crippen molar-refractivity contribution in [2.45, 2.75) is 20.5 Å². The summed E-state index contributed by atoms with van der Waals surface area (Å²) in [5, 5.41) is 8.03. The highest BCUT2D eigenvalue weighted by Gasteiger charge is 2.14. The van der Waals surface area contributed by atoms with Crippen LogP contribution in [0, 0.1) is 6.92 Å². The smallest absolute Gasteiger partial charge is 0.329 e. The molecule has 3 rings (SSSR count). The van der Waals surface area contributed by atoms with Crippen LogP contribution in [-0.4, -0.2) is 17.5 Å². The zero-order valence-electron chi connectivity index (χ0n) is 17.8. The monoisotopic (exact) mass is 503 g/mol. The van der Waals surface area contributed by atoms with Crippen molar-refractivity contribution in [1.29, 1.82) is 0 Å². The molecule has 0 radical (unpaired) electrons. The van der Waals surface area contributed by atoms with Gasteiger partial charge in [-0.3, -0.25) is 9.59 Å². The fourth-order valence-electron chi connectivity index (χ4n) is 2.73. The fraction of sp³-hybridized carbons (Fsp3) is 0.125. The van der Waals surface area contributed by atoms with Gasteiger partial charge in [-0.2, -0.15) is 5.10 Å². The van der Waals surface area contributed by atoms with Crippen molar-refractivity contribution in [3.8, 4) is 5.75 Å².